The highest BCUT2D eigenvalue weighted by atomic mass is 79.9. The van der Waals surface area contributed by atoms with Gasteiger partial charge >= 0.3 is 6.18 Å². The molecule has 0 saturated carbocycles. The van der Waals surface area contributed by atoms with Crippen LogP contribution in [0.3, 0.4) is 0 Å². The van der Waals surface area contributed by atoms with Crippen LogP contribution in [0.25, 0.3) is 0 Å². The van der Waals surface area contributed by atoms with Crippen LogP contribution in [-0.2, 0) is 6.18 Å². The van der Waals surface area contributed by atoms with Crippen molar-refractivity contribution in [1.29, 1.82) is 0 Å². The van der Waals surface area contributed by atoms with Gasteiger partial charge in [-0.05, 0) is 47.0 Å². The van der Waals surface area contributed by atoms with E-state index in [1.807, 2.05) is 18.7 Å². The smallest absolute Gasteiger partial charge is 0.395 e. The molecule has 0 saturated heterocycles. The van der Waals surface area contributed by atoms with Crippen molar-refractivity contribution >= 4 is 21.6 Å². The molecule has 0 unspecified atom stereocenters. The van der Waals surface area contributed by atoms with Gasteiger partial charge in [-0.15, -0.1) is 0 Å². The van der Waals surface area contributed by atoms with Gasteiger partial charge in [-0.3, -0.25) is 0 Å². The van der Waals surface area contributed by atoms with Crippen molar-refractivity contribution in [3.63, 3.8) is 0 Å². The van der Waals surface area contributed by atoms with Gasteiger partial charge in [0.05, 0.1) is 17.9 Å². The van der Waals surface area contributed by atoms with Crippen LogP contribution in [0.1, 0.15) is 32.3 Å². The van der Waals surface area contributed by atoms with Gasteiger partial charge < -0.3 is 10.0 Å². The van der Waals surface area contributed by atoms with E-state index < -0.39 is 11.7 Å². The quantitative estimate of drug-likeness (QED) is 0.816. The second kappa shape index (κ2) is 7.31. The van der Waals surface area contributed by atoms with E-state index in [0.29, 0.717) is 16.7 Å². The summed E-state index contributed by atoms with van der Waals surface area (Å²) in [5, 5.41) is 9.18. The zero-order chi connectivity index (χ0) is 15.3. The molecule has 6 heteroatoms. The van der Waals surface area contributed by atoms with Crippen LogP contribution in [0.5, 0.6) is 0 Å². The summed E-state index contributed by atoms with van der Waals surface area (Å²) in [7, 11) is 0. The average molecular weight is 354 g/mol. The Balaban J connectivity index is 3.15. The Morgan fingerprint density at radius 3 is 2.25 bits per heavy atom. The minimum Gasteiger partial charge on any atom is -0.395 e. The Morgan fingerprint density at radius 2 is 1.85 bits per heavy atom. The SMILES string of the molecule is CCC(CC)N(CCO)c1ccc(C(F)(F)F)cc1Br. The topological polar surface area (TPSA) is 23.5 Å². The van der Waals surface area contributed by atoms with E-state index in [9.17, 15) is 18.3 Å². The molecule has 1 aromatic carbocycles. The Labute approximate surface area is 125 Å². The molecule has 1 rings (SSSR count). The van der Waals surface area contributed by atoms with E-state index in [4.69, 9.17) is 0 Å². The minimum absolute atomic E-state index is 0.0377. The number of hydrogen-bond donors (Lipinski definition) is 1. The summed E-state index contributed by atoms with van der Waals surface area (Å²) in [6.45, 7) is 4.41. The molecule has 0 aliphatic carbocycles. The maximum Gasteiger partial charge on any atom is 0.416 e. The minimum atomic E-state index is -4.35. The Kier molecular flexibility index (Phi) is 6.33. The first-order chi connectivity index (χ1) is 9.35. The number of anilines is 1. The number of nitrogens with zero attached hydrogens (tertiary/aromatic N) is 1. The number of aliphatic hydroxyl groups is 1. The number of hydrogen-bond acceptors (Lipinski definition) is 2. The van der Waals surface area contributed by atoms with Crippen LogP contribution in [0.4, 0.5) is 18.9 Å². The largest absolute Gasteiger partial charge is 0.416 e. The van der Waals surface area contributed by atoms with Crippen molar-refractivity contribution in [2.75, 3.05) is 18.1 Å². The number of halogens is 4. The van der Waals surface area contributed by atoms with E-state index in [1.54, 1.807) is 0 Å². The maximum absolute atomic E-state index is 12.7. The predicted molar refractivity (Wildman–Crippen MR) is 77.9 cm³/mol. The van der Waals surface area contributed by atoms with Crippen LogP contribution in [0.15, 0.2) is 22.7 Å². The summed E-state index contributed by atoms with van der Waals surface area (Å²) >= 11 is 3.21. The van der Waals surface area contributed by atoms with Crippen LogP contribution in [0, 0.1) is 0 Å². The van der Waals surface area contributed by atoms with Crippen molar-refractivity contribution in [1.82, 2.24) is 0 Å². The molecule has 0 heterocycles. The number of alkyl halides is 3. The number of rotatable bonds is 6. The fourth-order valence-electron chi connectivity index (χ4n) is 2.25. The van der Waals surface area contributed by atoms with Crippen molar-refractivity contribution in [3.8, 4) is 0 Å². The first-order valence-electron chi connectivity index (χ1n) is 6.59. The molecular formula is C14H19BrF3NO. The maximum atomic E-state index is 12.7. The molecule has 0 fully saturated rings. The van der Waals surface area contributed by atoms with Crippen LogP contribution >= 0.6 is 15.9 Å². The molecule has 0 aliphatic rings. The molecule has 0 amide bonds. The highest BCUT2D eigenvalue weighted by Gasteiger charge is 2.31. The molecule has 0 aliphatic heterocycles. The third kappa shape index (κ3) is 4.12. The van der Waals surface area contributed by atoms with Gasteiger partial charge in [0.2, 0.25) is 0 Å². The molecule has 0 spiro atoms. The van der Waals surface area contributed by atoms with Gasteiger partial charge in [0.15, 0.2) is 0 Å². The van der Waals surface area contributed by atoms with Gasteiger partial charge in [-0.25, -0.2) is 0 Å². The lowest BCUT2D eigenvalue weighted by Crippen LogP contribution is -2.37. The fraction of sp³-hybridized carbons (Fsp3) is 0.571. The van der Waals surface area contributed by atoms with Crippen molar-refractivity contribution in [2.45, 2.75) is 38.9 Å². The van der Waals surface area contributed by atoms with E-state index in [1.165, 1.54) is 6.07 Å². The standard InChI is InChI=1S/C14H19BrF3NO/c1-3-11(4-2)19(7-8-20)13-6-5-10(9-12(13)15)14(16,17)18/h5-6,9,11,20H,3-4,7-8H2,1-2H3. The van der Waals surface area contributed by atoms with Crippen molar-refractivity contribution in [3.05, 3.63) is 28.2 Å². The zero-order valence-corrected chi connectivity index (χ0v) is 13.1. The Bertz CT molecular complexity index is 433. The zero-order valence-electron chi connectivity index (χ0n) is 11.5. The summed E-state index contributed by atoms with van der Waals surface area (Å²) in [6, 6.07) is 3.81. The van der Waals surface area contributed by atoms with Crippen LogP contribution in [0.2, 0.25) is 0 Å². The van der Waals surface area contributed by atoms with Gasteiger partial charge in [-0.2, -0.15) is 13.2 Å². The van der Waals surface area contributed by atoms with E-state index >= 15 is 0 Å². The monoisotopic (exact) mass is 353 g/mol. The third-order valence-electron chi connectivity index (χ3n) is 3.31. The highest BCUT2D eigenvalue weighted by molar-refractivity contribution is 9.10. The summed E-state index contributed by atoms with van der Waals surface area (Å²) in [6.07, 6.45) is -2.62. The highest BCUT2D eigenvalue weighted by Crippen LogP contribution is 2.36. The number of benzene rings is 1. The van der Waals surface area contributed by atoms with E-state index in [-0.39, 0.29) is 12.6 Å². The molecule has 1 N–H and O–H groups in total. The van der Waals surface area contributed by atoms with E-state index in [2.05, 4.69) is 15.9 Å². The van der Waals surface area contributed by atoms with E-state index in [0.717, 1.165) is 25.0 Å². The van der Waals surface area contributed by atoms with Gasteiger partial charge in [0.25, 0.3) is 0 Å². The normalized spacial score (nSPS) is 12.0. The summed E-state index contributed by atoms with van der Waals surface area (Å²) in [4.78, 5) is 1.95. The average Bonchev–Trinajstić information content (AvgIpc) is 2.38. The molecule has 0 atom stereocenters. The van der Waals surface area contributed by atoms with Gasteiger partial charge in [0, 0.05) is 17.1 Å². The molecule has 0 aromatic heterocycles. The molecule has 0 bridgehead atoms. The molecule has 1 aromatic rings. The lowest BCUT2D eigenvalue weighted by Gasteiger charge is -2.33. The Hall–Kier alpha value is -0.750. The predicted octanol–water partition coefficient (Wildman–Crippen LogP) is 4.46. The molecule has 0 radical (unpaired) electrons. The lowest BCUT2D eigenvalue weighted by atomic mass is 10.1. The van der Waals surface area contributed by atoms with Crippen molar-refractivity contribution in [2.24, 2.45) is 0 Å². The third-order valence-corrected chi connectivity index (χ3v) is 3.94. The summed E-state index contributed by atoms with van der Waals surface area (Å²) < 4.78 is 38.4. The summed E-state index contributed by atoms with van der Waals surface area (Å²) in [5.41, 5.74) is 0.00219. The first-order valence-corrected chi connectivity index (χ1v) is 7.38. The van der Waals surface area contributed by atoms with Crippen LogP contribution < -0.4 is 4.90 Å². The van der Waals surface area contributed by atoms with Gasteiger partial charge in [0.1, 0.15) is 0 Å². The summed E-state index contributed by atoms with van der Waals surface area (Å²) in [5.74, 6) is 0. The first kappa shape index (κ1) is 17.3. The number of aliphatic hydroxyl groups excluding tert-OH is 1. The molecule has 114 valence electrons. The molecule has 2 nitrogen and oxygen atoms in total. The molecule has 20 heavy (non-hydrogen) atoms. The lowest BCUT2D eigenvalue weighted by molar-refractivity contribution is -0.137. The Morgan fingerprint density at radius 1 is 1.25 bits per heavy atom. The van der Waals surface area contributed by atoms with Crippen molar-refractivity contribution < 1.29 is 18.3 Å². The van der Waals surface area contributed by atoms with Crippen LogP contribution in [-0.4, -0.2) is 24.3 Å². The fourth-order valence-corrected chi connectivity index (χ4v) is 2.86. The molecular weight excluding hydrogens is 335 g/mol. The second-order valence-corrected chi connectivity index (χ2v) is 5.41. The van der Waals surface area contributed by atoms with Gasteiger partial charge in [-0.1, -0.05) is 13.8 Å². The second-order valence-electron chi connectivity index (χ2n) is 4.55.